The van der Waals surface area contributed by atoms with Crippen LogP contribution in [0.3, 0.4) is 0 Å². The van der Waals surface area contributed by atoms with Crippen molar-refractivity contribution in [3.05, 3.63) is 69.8 Å². The van der Waals surface area contributed by atoms with Crippen LogP contribution in [0.2, 0.25) is 0 Å². The van der Waals surface area contributed by atoms with Crippen molar-refractivity contribution >= 4 is 11.6 Å². The van der Waals surface area contributed by atoms with Gasteiger partial charge >= 0.3 is 0 Å². The Morgan fingerprint density at radius 1 is 0.727 bits per heavy atom. The number of carbonyl (C=O) groups excluding carboxylic acids is 2. The molecule has 4 nitrogen and oxygen atoms in total. The third kappa shape index (κ3) is 2.17. The van der Waals surface area contributed by atoms with Gasteiger partial charge < -0.3 is 10.2 Å². The highest BCUT2D eigenvalue weighted by Gasteiger charge is 2.31. The van der Waals surface area contributed by atoms with E-state index in [1.54, 1.807) is 36.4 Å². The molecule has 1 aliphatic rings. The summed E-state index contributed by atoms with van der Waals surface area (Å²) in [6.07, 6.45) is 0.686. The van der Waals surface area contributed by atoms with Gasteiger partial charge in [-0.3, -0.25) is 9.59 Å². The molecule has 22 heavy (non-hydrogen) atoms. The molecule has 0 aromatic heterocycles. The number of aliphatic hydroxyl groups is 2. The summed E-state index contributed by atoms with van der Waals surface area (Å²) < 4.78 is 0. The van der Waals surface area contributed by atoms with Gasteiger partial charge in [0.25, 0.3) is 0 Å². The summed E-state index contributed by atoms with van der Waals surface area (Å²) in [5, 5.41) is 18.5. The van der Waals surface area contributed by atoms with Crippen LogP contribution in [-0.2, 0) is 12.8 Å². The lowest BCUT2D eigenvalue weighted by molar-refractivity contribution is 0.0978. The maximum Gasteiger partial charge on any atom is 0.194 e. The van der Waals surface area contributed by atoms with Gasteiger partial charge in [0.2, 0.25) is 0 Å². The van der Waals surface area contributed by atoms with Crippen molar-refractivity contribution in [3.8, 4) is 0 Å². The first-order valence-electron chi connectivity index (χ1n) is 7.24. The Morgan fingerprint density at radius 3 is 2.00 bits per heavy atom. The molecule has 0 atom stereocenters. The van der Waals surface area contributed by atoms with E-state index in [0.717, 1.165) is 5.56 Å². The number of aliphatic hydroxyl groups excluding tert-OH is 2. The van der Waals surface area contributed by atoms with Crippen LogP contribution in [0.1, 0.15) is 43.0 Å². The average molecular weight is 296 g/mol. The fourth-order valence-electron chi connectivity index (χ4n) is 3.05. The highest BCUT2D eigenvalue weighted by Crippen LogP contribution is 2.31. The molecule has 0 radical (unpaired) electrons. The fourth-order valence-corrected chi connectivity index (χ4v) is 3.05. The molecule has 2 aromatic carbocycles. The molecular formula is C18H16O4. The second-order valence-corrected chi connectivity index (χ2v) is 5.28. The number of hydrogen-bond donors (Lipinski definition) is 2. The highest BCUT2D eigenvalue weighted by molar-refractivity contribution is 6.29. The number of carbonyl (C=O) groups is 2. The SMILES string of the molecule is O=C1c2ccccc2C(=O)c2c1ccc(CCO)c2CCO. The first-order valence-corrected chi connectivity index (χ1v) is 7.24. The first kappa shape index (κ1) is 14.6. The van der Waals surface area contributed by atoms with Gasteiger partial charge in [0.05, 0.1) is 0 Å². The third-order valence-corrected chi connectivity index (χ3v) is 4.04. The van der Waals surface area contributed by atoms with E-state index in [1.807, 2.05) is 0 Å². The Bertz CT molecular complexity index is 762. The van der Waals surface area contributed by atoms with E-state index < -0.39 is 0 Å². The largest absolute Gasteiger partial charge is 0.396 e. The van der Waals surface area contributed by atoms with Crippen molar-refractivity contribution in [2.75, 3.05) is 13.2 Å². The highest BCUT2D eigenvalue weighted by atomic mass is 16.3. The van der Waals surface area contributed by atoms with Crippen LogP contribution in [0.4, 0.5) is 0 Å². The molecular weight excluding hydrogens is 280 g/mol. The van der Waals surface area contributed by atoms with Gasteiger partial charge in [-0.25, -0.2) is 0 Å². The van der Waals surface area contributed by atoms with Crippen LogP contribution in [-0.4, -0.2) is 35.0 Å². The molecule has 2 N–H and O–H groups in total. The van der Waals surface area contributed by atoms with Gasteiger partial charge in [0.1, 0.15) is 0 Å². The Kier molecular flexibility index (Phi) is 3.88. The van der Waals surface area contributed by atoms with Crippen LogP contribution in [0.5, 0.6) is 0 Å². The summed E-state index contributed by atoms with van der Waals surface area (Å²) >= 11 is 0. The van der Waals surface area contributed by atoms with E-state index in [2.05, 4.69) is 0 Å². The summed E-state index contributed by atoms with van der Waals surface area (Å²) in [5.41, 5.74) is 3.06. The predicted molar refractivity (Wildman–Crippen MR) is 81.3 cm³/mol. The molecule has 0 aliphatic heterocycles. The monoisotopic (exact) mass is 296 g/mol. The molecule has 0 bridgehead atoms. The van der Waals surface area contributed by atoms with Gasteiger partial charge in [0, 0.05) is 35.5 Å². The lowest BCUT2D eigenvalue weighted by Crippen LogP contribution is -2.24. The van der Waals surface area contributed by atoms with E-state index in [-0.39, 0.29) is 24.8 Å². The quantitative estimate of drug-likeness (QED) is 0.765. The van der Waals surface area contributed by atoms with Gasteiger partial charge in [-0.05, 0) is 30.0 Å². The van der Waals surface area contributed by atoms with Crippen molar-refractivity contribution < 1.29 is 19.8 Å². The van der Waals surface area contributed by atoms with Crippen LogP contribution in [0.25, 0.3) is 0 Å². The first-order chi connectivity index (χ1) is 10.7. The van der Waals surface area contributed by atoms with Crippen LogP contribution >= 0.6 is 0 Å². The molecule has 0 saturated carbocycles. The number of ketones is 2. The van der Waals surface area contributed by atoms with E-state index in [9.17, 15) is 19.8 Å². The van der Waals surface area contributed by atoms with Crippen LogP contribution < -0.4 is 0 Å². The summed E-state index contributed by atoms with van der Waals surface area (Å²) in [5.74, 6) is -0.353. The molecule has 1 aliphatic carbocycles. The molecule has 4 heteroatoms. The fraction of sp³-hybridized carbons (Fsp3) is 0.222. The molecule has 0 spiro atoms. The van der Waals surface area contributed by atoms with Crippen molar-refractivity contribution in [1.82, 2.24) is 0 Å². The zero-order valence-corrected chi connectivity index (χ0v) is 12.0. The summed E-state index contributed by atoms with van der Waals surface area (Å²) in [7, 11) is 0. The average Bonchev–Trinajstić information content (AvgIpc) is 2.54. The number of fused-ring (bicyclic) bond motifs is 2. The summed E-state index contributed by atoms with van der Waals surface area (Å²) in [6.45, 7) is -0.159. The zero-order valence-electron chi connectivity index (χ0n) is 12.0. The van der Waals surface area contributed by atoms with E-state index in [4.69, 9.17) is 0 Å². The van der Waals surface area contributed by atoms with E-state index >= 15 is 0 Å². The number of benzene rings is 2. The van der Waals surface area contributed by atoms with Crippen molar-refractivity contribution in [1.29, 1.82) is 0 Å². The maximum absolute atomic E-state index is 12.8. The van der Waals surface area contributed by atoms with Gasteiger partial charge in [-0.1, -0.05) is 30.3 Å². The second kappa shape index (κ2) is 5.83. The molecule has 0 amide bonds. The van der Waals surface area contributed by atoms with Gasteiger partial charge in [0.15, 0.2) is 11.6 Å². The van der Waals surface area contributed by atoms with Crippen LogP contribution in [0, 0.1) is 0 Å². The Morgan fingerprint density at radius 2 is 1.36 bits per heavy atom. The zero-order chi connectivity index (χ0) is 15.7. The van der Waals surface area contributed by atoms with Crippen LogP contribution in [0.15, 0.2) is 36.4 Å². The lowest BCUT2D eigenvalue weighted by atomic mass is 9.79. The van der Waals surface area contributed by atoms with Crippen molar-refractivity contribution in [3.63, 3.8) is 0 Å². The molecule has 112 valence electrons. The Balaban J connectivity index is 2.25. The molecule has 0 heterocycles. The number of rotatable bonds is 4. The minimum Gasteiger partial charge on any atom is -0.396 e. The lowest BCUT2D eigenvalue weighted by Gasteiger charge is -2.22. The Labute approximate surface area is 128 Å². The Hall–Kier alpha value is -2.30. The maximum atomic E-state index is 12.8. The third-order valence-electron chi connectivity index (χ3n) is 4.04. The minimum absolute atomic E-state index is 0.0457. The van der Waals surface area contributed by atoms with Gasteiger partial charge in [-0.15, -0.1) is 0 Å². The molecule has 0 fully saturated rings. The standard InChI is InChI=1S/C18H16O4/c19-9-7-11-5-6-15-16(12(11)8-10-20)18(22)14-4-2-1-3-13(14)17(15)21/h1-6,19-20H,7-10H2. The van der Waals surface area contributed by atoms with Crippen molar-refractivity contribution in [2.24, 2.45) is 0 Å². The molecule has 3 rings (SSSR count). The second-order valence-electron chi connectivity index (χ2n) is 5.28. The smallest absolute Gasteiger partial charge is 0.194 e. The molecule has 0 saturated heterocycles. The summed E-state index contributed by atoms with van der Waals surface area (Å²) in [6, 6.07) is 10.2. The van der Waals surface area contributed by atoms with Gasteiger partial charge in [-0.2, -0.15) is 0 Å². The normalized spacial score (nSPS) is 13.0. The predicted octanol–water partition coefficient (Wildman–Crippen LogP) is 1.53. The van der Waals surface area contributed by atoms with Crippen molar-refractivity contribution in [2.45, 2.75) is 12.8 Å². The molecule has 0 unspecified atom stereocenters. The van der Waals surface area contributed by atoms with E-state index in [1.165, 1.54) is 0 Å². The number of hydrogen-bond acceptors (Lipinski definition) is 4. The summed E-state index contributed by atoms with van der Waals surface area (Å²) in [4.78, 5) is 25.4. The van der Waals surface area contributed by atoms with E-state index in [0.29, 0.717) is 40.7 Å². The molecule has 2 aromatic rings. The minimum atomic E-state index is -0.187. The topological polar surface area (TPSA) is 74.6 Å².